The standard InChI is InChI=1S/C9H8N2O4/c1-14-8-6(9(13)15-2)3-5(4-10)7(12)11-8/h3H,1-2H3,(H,11,12). The third-order valence-corrected chi connectivity index (χ3v) is 1.73. The number of ether oxygens (including phenoxy) is 2. The molecule has 1 heterocycles. The van der Waals surface area contributed by atoms with Crippen LogP contribution in [0.4, 0.5) is 0 Å². The van der Waals surface area contributed by atoms with Crippen molar-refractivity contribution in [3.63, 3.8) is 0 Å². The summed E-state index contributed by atoms with van der Waals surface area (Å²) in [4.78, 5) is 24.7. The predicted molar refractivity (Wildman–Crippen MR) is 49.7 cm³/mol. The molecule has 0 spiro atoms. The lowest BCUT2D eigenvalue weighted by Crippen LogP contribution is -2.16. The molecule has 78 valence electrons. The summed E-state index contributed by atoms with van der Waals surface area (Å²) in [6.45, 7) is 0. The Morgan fingerprint density at radius 2 is 2.20 bits per heavy atom. The molecule has 0 saturated carbocycles. The number of rotatable bonds is 2. The van der Waals surface area contributed by atoms with Gasteiger partial charge in [0.1, 0.15) is 17.2 Å². The van der Waals surface area contributed by atoms with E-state index in [9.17, 15) is 9.59 Å². The first kappa shape index (κ1) is 10.8. The van der Waals surface area contributed by atoms with E-state index >= 15 is 0 Å². The lowest BCUT2D eigenvalue weighted by molar-refractivity contribution is 0.0596. The molecular weight excluding hydrogens is 200 g/mol. The normalized spacial score (nSPS) is 9.13. The predicted octanol–water partition coefficient (Wildman–Crippen LogP) is 0.0418. The Morgan fingerprint density at radius 3 is 2.67 bits per heavy atom. The second kappa shape index (κ2) is 4.28. The highest BCUT2D eigenvalue weighted by Crippen LogP contribution is 2.14. The number of nitrogens with one attached hydrogen (secondary N) is 1. The van der Waals surface area contributed by atoms with E-state index in [0.717, 1.165) is 6.07 Å². The van der Waals surface area contributed by atoms with Crippen LogP contribution < -0.4 is 10.3 Å². The highest BCUT2D eigenvalue weighted by Gasteiger charge is 2.16. The Labute approximate surface area is 85.1 Å². The monoisotopic (exact) mass is 208 g/mol. The van der Waals surface area contributed by atoms with Gasteiger partial charge in [-0.15, -0.1) is 0 Å². The van der Waals surface area contributed by atoms with Gasteiger partial charge in [0.25, 0.3) is 5.56 Å². The number of hydrogen-bond acceptors (Lipinski definition) is 5. The van der Waals surface area contributed by atoms with E-state index < -0.39 is 11.5 Å². The number of esters is 1. The number of methoxy groups -OCH3 is 2. The molecule has 0 radical (unpaired) electrons. The minimum atomic E-state index is -0.681. The molecule has 0 atom stereocenters. The lowest BCUT2D eigenvalue weighted by atomic mass is 10.2. The van der Waals surface area contributed by atoms with Gasteiger partial charge in [-0.1, -0.05) is 0 Å². The first-order valence-corrected chi connectivity index (χ1v) is 3.93. The van der Waals surface area contributed by atoms with Crippen molar-refractivity contribution in [2.24, 2.45) is 0 Å². The van der Waals surface area contributed by atoms with Gasteiger partial charge in [0.2, 0.25) is 5.88 Å². The smallest absolute Gasteiger partial charge is 0.343 e. The van der Waals surface area contributed by atoms with Gasteiger partial charge in [0.05, 0.1) is 14.2 Å². The SMILES string of the molecule is COC(=O)c1cc(C#N)c(=O)[nH]c1OC. The van der Waals surface area contributed by atoms with E-state index in [1.54, 1.807) is 6.07 Å². The van der Waals surface area contributed by atoms with Crippen molar-refractivity contribution in [3.05, 3.63) is 27.5 Å². The summed E-state index contributed by atoms with van der Waals surface area (Å²) < 4.78 is 9.25. The van der Waals surface area contributed by atoms with Crippen LogP contribution in [0.2, 0.25) is 0 Å². The van der Waals surface area contributed by atoms with Crippen molar-refractivity contribution >= 4 is 5.97 Å². The van der Waals surface area contributed by atoms with E-state index in [2.05, 4.69) is 9.72 Å². The van der Waals surface area contributed by atoms with Crippen LogP contribution in [-0.2, 0) is 4.74 Å². The van der Waals surface area contributed by atoms with Crippen LogP contribution in [0.25, 0.3) is 0 Å². The largest absolute Gasteiger partial charge is 0.482 e. The number of carbonyl (C=O) groups is 1. The fraction of sp³-hybridized carbons (Fsp3) is 0.222. The number of H-pyrrole nitrogens is 1. The number of hydrogen-bond donors (Lipinski definition) is 1. The molecule has 1 aromatic heterocycles. The van der Waals surface area contributed by atoms with Crippen LogP contribution in [0.3, 0.4) is 0 Å². The van der Waals surface area contributed by atoms with Gasteiger partial charge < -0.3 is 9.47 Å². The highest BCUT2D eigenvalue weighted by molar-refractivity contribution is 5.92. The summed E-state index contributed by atoms with van der Waals surface area (Å²) in [5.41, 5.74) is -0.769. The third-order valence-electron chi connectivity index (χ3n) is 1.73. The molecule has 1 aromatic rings. The van der Waals surface area contributed by atoms with E-state index in [4.69, 9.17) is 10.00 Å². The molecule has 6 heteroatoms. The molecule has 0 bridgehead atoms. The van der Waals surface area contributed by atoms with Gasteiger partial charge in [-0.3, -0.25) is 9.78 Å². The zero-order valence-electron chi connectivity index (χ0n) is 8.16. The Morgan fingerprint density at radius 1 is 1.53 bits per heavy atom. The molecule has 0 aromatic carbocycles. The second-order valence-electron chi connectivity index (χ2n) is 2.56. The van der Waals surface area contributed by atoms with Crippen LogP contribution in [0, 0.1) is 11.3 Å². The van der Waals surface area contributed by atoms with Crippen LogP contribution in [0.15, 0.2) is 10.9 Å². The number of aromatic amines is 1. The molecule has 0 aliphatic rings. The number of aromatic nitrogens is 1. The number of pyridine rings is 1. The lowest BCUT2D eigenvalue weighted by Gasteiger charge is -2.05. The van der Waals surface area contributed by atoms with E-state index in [1.807, 2.05) is 0 Å². The topological polar surface area (TPSA) is 92.2 Å². The third kappa shape index (κ3) is 1.96. The molecule has 0 aliphatic heterocycles. The van der Waals surface area contributed by atoms with Gasteiger partial charge in [-0.25, -0.2) is 4.79 Å². The summed E-state index contributed by atoms with van der Waals surface area (Å²) >= 11 is 0. The van der Waals surface area contributed by atoms with Gasteiger partial charge in [-0.2, -0.15) is 5.26 Å². The molecule has 1 rings (SSSR count). The van der Waals surface area contributed by atoms with E-state index in [-0.39, 0.29) is 17.0 Å². The maximum Gasteiger partial charge on any atom is 0.343 e. The summed E-state index contributed by atoms with van der Waals surface area (Å²) in [5, 5.41) is 8.60. The van der Waals surface area contributed by atoms with Crippen molar-refractivity contribution in [1.29, 1.82) is 5.26 Å². The number of carbonyl (C=O) groups excluding carboxylic acids is 1. The van der Waals surface area contributed by atoms with Crippen LogP contribution >= 0.6 is 0 Å². The number of nitrogens with zero attached hydrogens (tertiary/aromatic N) is 1. The van der Waals surface area contributed by atoms with Crippen molar-refractivity contribution in [2.75, 3.05) is 14.2 Å². The highest BCUT2D eigenvalue weighted by atomic mass is 16.5. The quantitative estimate of drug-likeness (QED) is 0.693. The average molecular weight is 208 g/mol. The molecule has 0 amide bonds. The molecule has 0 fully saturated rings. The first-order chi connectivity index (χ1) is 7.13. The van der Waals surface area contributed by atoms with Crippen LogP contribution in [0.5, 0.6) is 5.88 Å². The van der Waals surface area contributed by atoms with Crippen molar-refractivity contribution in [3.8, 4) is 11.9 Å². The zero-order valence-corrected chi connectivity index (χ0v) is 8.16. The second-order valence-corrected chi connectivity index (χ2v) is 2.56. The molecule has 0 saturated heterocycles. The summed E-state index contributed by atoms with van der Waals surface area (Å²) in [6.07, 6.45) is 0. The van der Waals surface area contributed by atoms with Crippen LogP contribution in [0.1, 0.15) is 15.9 Å². The minimum Gasteiger partial charge on any atom is -0.482 e. The van der Waals surface area contributed by atoms with Crippen molar-refractivity contribution in [1.82, 2.24) is 4.98 Å². The maximum absolute atomic E-state index is 11.2. The molecular formula is C9H8N2O4. The summed E-state index contributed by atoms with van der Waals surface area (Å²) in [6, 6.07) is 2.79. The minimum absolute atomic E-state index is 0.0103. The Hall–Kier alpha value is -2.29. The van der Waals surface area contributed by atoms with E-state index in [0.29, 0.717) is 0 Å². The summed E-state index contributed by atoms with van der Waals surface area (Å²) in [7, 11) is 2.49. The average Bonchev–Trinajstić information content (AvgIpc) is 2.27. The molecule has 15 heavy (non-hydrogen) atoms. The van der Waals surface area contributed by atoms with Gasteiger partial charge in [0.15, 0.2) is 0 Å². The summed E-state index contributed by atoms with van der Waals surface area (Å²) in [5.74, 6) is -0.703. The van der Waals surface area contributed by atoms with Crippen molar-refractivity contribution < 1.29 is 14.3 Å². The van der Waals surface area contributed by atoms with E-state index in [1.165, 1.54) is 14.2 Å². The molecule has 6 nitrogen and oxygen atoms in total. The molecule has 1 N–H and O–H groups in total. The van der Waals surface area contributed by atoms with Gasteiger partial charge in [0, 0.05) is 0 Å². The van der Waals surface area contributed by atoms with Gasteiger partial charge in [-0.05, 0) is 6.07 Å². The Kier molecular flexibility index (Phi) is 3.08. The van der Waals surface area contributed by atoms with Crippen molar-refractivity contribution in [2.45, 2.75) is 0 Å². The Bertz CT molecular complexity index is 484. The fourth-order valence-electron chi connectivity index (χ4n) is 1.02. The number of nitriles is 1. The molecule has 0 aliphatic carbocycles. The first-order valence-electron chi connectivity index (χ1n) is 3.93. The molecule has 0 unspecified atom stereocenters. The van der Waals surface area contributed by atoms with Gasteiger partial charge >= 0.3 is 5.97 Å². The maximum atomic E-state index is 11.2. The Balaban J connectivity index is 3.43. The fourth-order valence-corrected chi connectivity index (χ4v) is 1.02. The van der Waals surface area contributed by atoms with Crippen LogP contribution in [-0.4, -0.2) is 25.2 Å². The zero-order chi connectivity index (χ0) is 11.4.